The molecule has 84 valence electrons. The van der Waals surface area contributed by atoms with Crippen molar-refractivity contribution in [2.75, 3.05) is 7.05 Å². The van der Waals surface area contributed by atoms with E-state index in [1.807, 2.05) is 25.2 Å². The van der Waals surface area contributed by atoms with Crippen molar-refractivity contribution in [1.82, 2.24) is 5.32 Å². The normalized spacial score (nSPS) is 29.9. The Morgan fingerprint density at radius 2 is 2.00 bits per heavy atom. The van der Waals surface area contributed by atoms with Gasteiger partial charge in [-0.25, -0.2) is 0 Å². The molecule has 1 aliphatic rings. The molecule has 1 aromatic rings. The molecule has 0 bridgehead atoms. The number of nitrogens with one attached hydrogen (secondary N) is 1. The molecule has 2 nitrogen and oxygen atoms in total. The largest absolute Gasteiger partial charge is 0.391 e. The predicted octanol–water partition coefficient (Wildman–Crippen LogP) is 2.07. The van der Waals surface area contributed by atoms with Gasteiger partial charge in [0, 0.05) is 0 Å². The minimum Gasteiger partial charge on any atom is -0.391 e. The Bertz CT molecular complexity index is 304. The van der Waals surface area contributed by atoms with Crippen LogP contribution in [0.2, 0.25) is 0 Å². The molecule has 0 saturated heterocycles. The summed E-state index contributed by atoms with van der Waals surface area (Å²) in [6, 6.07) is 10.2. The average Bonchev–Trinajstić information content (AvgIpc) is 2.62. The quantitative estimate of drug-likeness (QED) is 0.811. The van der Waals surface area contributed by atoms with Crippen molar-refractivity contribution in [2.24, 2.45) is 0 Å². The Balaban J connectivity index is 0.00000112. The Labute approximate surface area is 97.1 Å². The Kier molecular flexibility index (Phi) is 4.14. The van der Waals surface area contributed by atoms with Crippen molar-refractivity contribution in [3.8, 4) is 0 Å². The summed E-state index contributed by atoms with van der Waals surface area (Å²) in [7, 11) is 1.93. The van der Waals surface area contributed by atoms with Gasteiger partial charge in [-0.15, -0.1) is 12.4 Å². The fourth-order valence-electron chi connectivity index (χ4n) is 2.50. The van der Waals surface area contributed by atoms with E-state index in [0.29, 0.717) is 0 Å². The first kappa shape index (κ1) is 12.5. The topological polar surface area (TPSA) is 32.3 Å². The Hall–Kier alpha value is -0.570. The van der Waals surface area contributed by atoms with Crippen LogP contribution in [0.1, 0.15) is 24.8 Å². The zero-order valence-corrected chi connectivity index (χ0v) is 9.76. The van der Waals surface area contributed by atoms with Crippen molar-refractivity contribution < 1.29 is 5.11 Å². The van der Waals surface area contributed by atoms with Crippen molar-refractivity contribution in [3.63, 3.8) is 0 Å². The first-order chi connectivity index (χ1) is 6.79. The van der Waals surface area contributed by atoms with Crippen LogP contribution in [0.25, 0.3) is 0 Å². The summed E-state index contributed by atoms with van der Waals surface area (Å²) in [5.41, 5.74) is 0.994. The Morgan fingerprint density at radius 1 is 1.33 bits per heavy atom. The van der Waals surface area contributed by atoms with Crippen molar-refractivity contribution in [1.29, 1.82) is 0 Å². The lowest BCUT2D eigenvalue weighted by Gasteiger charge is -2.33. The van der Waals surface area contributed by atoms with E-state index in [0.717, 1.165) is 19.3 Å². The molecule has 0 spiro atoms. The van der Waals surface area contributed by atoms with Gasteiger partial charge in [0.15, 0.2) is 0 Å². The summed E-state index contributed by atoms with van der Waals surface area (Å²) in [6.45, 7) is 0. The number of aliphatic hydroxyl groups is 1. The highest BCUT2D eigenvalue weighted by molar-refractivity contribution is 5.85. The molecule has 1 saturated carbocycles. The summed E-state index contributed by atoms with van der Waals surface area (Å²) in [4.78, 5) is 0. The van der Waals surface area contributed by atoms with Crippen molar-refractivity contribution in [3.05, 3.63) is 35.9 Å². The van der Waals surface area contributed by atoms with Gasteiger partial charge in [0.05, 0.1) is 11.6 Å². The van der Waals surface area contributed by atoms with E-state index in [-0.39, 0.29) is 24.0 Å². The molecule has 1 aromatic carbocycles. The number of benzene rings is 1. The zero-order valence-electron chi connectivity index (χ0n) is 8.94. The van der Waals surface area contributed by atoms with Crippen LogP contribution >= 0.6 is 12.4 Å². The van der Waals surface area contributed by atoms with Crippen LogP contribution in [-0.4, -0.2) is 18.3 Å². The fraction of sp³-hybridized carbons (Fsp3) is 0.500. The molecular weight excluding hydrogens is 210 g/mol. The number of aliphatic hydroxyl groups excluding tert-OH is 1. The maximum Gasteiger partial charge on any atom is 0.0763 e. The van der Waals surface area contributed by atoms with Gasteiger partial charge in [-0.1, -0.05) is 30.3 Å². The van der Waals surface area contributed by atoms with Gasteiger partial charge in [-0.3, -0.25) is 0 Å². The van der Waals surface area contributed by atoms with E-state index < -0.39 is 0 Å². The summed E-state index contributed by atoms with van der Waals surface area (Å²) in [5.74, 6) is 0. The summed E-state index contributed by atoms with van der Waals surface area (Å²) < 4.78 is 0. The lowest BCUT2D eigenvalue weighted by atomic mass is 9.86. The van der Waals surface area contributed by atoms with Gasteiger partial charge < -0.3 is 10.4 Å². The second-order valence-corrected chi connectivity index (χ2v) is 4.00. The van der Waals surface area contributed by atoms with Crippen LogP contribution in [0, 0.1) is 0 Å². The van der Waals surface area contributed by atoms with E-state index in [9.17, 15) is 5.11 Å². The molecular formula is C12H18ClNO. The highest BCUT2D eigenvalue weighted by atomic mass is 35.5. The summed E-state index contributed by atoms with van der Waals surface area (Å²) in [5, 5.41) is 13.3. The molecule has 0 heterocycles. The van der Waals surface area contributed by atoms with E-state index >= 15 is 0 Å². The van der Waals surface area contributed by atoms with Gasteiger partial charge >= 0.3 is 0 Å². The number of rotatable bonds is 2. The molecule has 2 atom stereocenters. The predicted molar refractivity (Wildman–Crippen MR) is 64.3 cm³/mol. The molecule has 0 aliphatic heterocycles. The second kappa shape index (κ2) is 4.97. The molecule has 2 unspecified atom stereocenters. The molecule has 1 aliphatic carbocycles. The molecule has 0 aromatic heterocycles. The van der Waals surface area contributed by atoms with Crippen LogP contribution in [0.3, 0.4) is 0 Å². The zero-order chi connectivity index (χ0) is 10.0. The number of likely N-dealkylation sites (N-methyl/N-ethyl adjacent to an activating group) is 1. The average molecular weight is 228 g/mol. The van der Waals surface area contributed by atoms with Crippen molar-refractivity contribution >= 4 is 12.4 Å². The van der Waals surface area contributed by atoms with Gasteiger partial charge in [0.1, 0.15) is 0 Å². The Morgan fingerprint density at radius 3 is 2.47 bits per heavy atom. The summed E-state index contributed by atoms with van der Waals surface area (Å²) in [6.07, 6.45) is 2.76. The third kappa shape index (κ3) is 2.03. The molecule has 2 rings (SSSR count). The van der Waals surface area contributed by atoms with Gasteiger partial charge in [0.2, 0.25) is 0 Å². The highest BCUT2D eigenvalue weighted by Gasteiger charge is 2.41. The minimum atomic E-state index is -0.255. The van der Waals surface area contributed by atoms with Crippen LogP contribution in [0.15, 0.2) is 30.3 Å². The molecule has 0 radical (unpaired) electrons. The highest BCUT2D eigenvalue weighted by Crippen LogP contribution is 2.38. The van der Waals surface area contributed by atoms with Crippen LogP contribution in [-0.2, 0) is 5.54 Å². The standard InChI is InChI=1S/C12H17NO.ClH/c1-13-12(9-5-8-11(12)14)10-6-3-2-4-7-10;/h2-4,6-7,11,13-14H,5,8-9H2,1H3;1H. The van der Waals surface area contributed by atoms with E-state index in [1.165, 1.54) is 5.56 Å². The molecule has 0 amide bonds. The van der Waals surface area contributed by atoms with E-state index in [2.05, 4.69) is 17.4 Å². The molecule has 15 heavy (non-hydrogen) atoms. The third-order valence-electron chi connectivity index (χ3n) is 3.35. The van der Waals surface area contributed by atoms with Gasteiger partial charge in [-0.2, -0.15) is 0 Å². The molecule has 1 fully saturated rings. The van der Waals surface area contributed by atoms with Gasteiger partial charge in [0.25, 0.3) is 0 Å². The maximum atomic E-state index is 10.0. The number of halogens is 1. The molecule has 2 N–H and O–H groups in total. The van der Waals surface area contributed by atoms with Crippen LogP contribution < -0.4 is 5.32 Å². The van der Waals surface area contributed by atoms with Crippen molar-refractivity contribution in [2.45, 2.75) is 30.9 Å². The lowest BCUT2D eigenvalue weighted by Crippen LogP contribution is -2.46. The van der Waals surface area contributed by atoms with E-state index in [1.54, 1.807) is 0 Å². The summed E-state index contributed by atoms with van der Waals surface area (Å²) >= 11 is 0. The first-order valence-electron chi connectivity index (χ1n) is 5.22. The first-order valence-corrected chi connectivity index (χ1v) is 5.22. The fourth-order valence-corrected chi connectivity index (χ4v) is 2.50. The van der Waals surface area contributed by atoms with E-state index in [4.69, 9.17) is 0 Å². The third-order valence-corrected chi connectivity index (χ3v) is 3.35. The second-order valence-electron chi connectivity index (χ2n) is 4.00. The van der Waals surface area contributed by atoms with Gasteiger partial charge in [-0.05, 0) is 31.9 Å². The SMILES string of the molecule is CNC1(c2ccccc2)CCCC1O.Cl. The monoisotopic (exact) mass is 227 g/mol. The minimum absolute atomic E-state index is 0. The smallest absolute Gasteiger partial charge is 0.0763 e. The number of hydrogen-bond acceptors (Lipinski definition) is 2. The van der Waals surface area contributed by atoms with Crippen LogP contribution in [0.5, 0.6) is 0 Å². The number of hydrogen-bond donors (Lipinski definition) is 2. The maximum absolute atomic E-state index is 10.0. The molecule has 3 heteroatoms. The van der Waals surface area contributed by atoms with Crippen LogP contribution in [0.4, 0.5) is 0 Å². The lowest BCUT2D eigenvalue weighted by molar-refractivity contribution is 0.0891.